The summed E-state index contributed by atoms with van der Waals surface area (Å²) in [5, 5.41) is 2.97. The molecule has 3 heterocycles. The van der Waals surface area contributed by atoms with Crippen LogP contribution in [0.3, 0.4) is 0 Å². The number of amides is 1. The summed E-state index contributed by atoms with van der Waals surface area (Å²) in [7, 11) is 1.73. The molecule has 1 amide bonds. The van der Waals surface area contributed by atoms with Crippen molar-refractivity contribution in [3.05, 3.63) is 46.1 Å². The molecule has 1 aliphatic rings. The number of thioether (sulfide) groups is 1. The zero-order chi connectivity index (χ0) is 19.0. The molecule has 5 nitrogen and oxygen atoms in total. The number of rotatable bonds is 4. The van der Waals surface area contributed by atoms with E-state index in [0.717, 1.165) is 41.9 Å². The van der Waals surface area contributed by atoms with E-state index in [2.05, 4.69) is 0 Å². The Morgan fingerprint density at radius 2 is 1.93 bits per heavy atom. The lowest BCUT2D eigenvalue weighted by Crippen LogP contribution is -2.34. The number of carbonyl (C=O) groups excluding carboxylic acids is 1. The van der Waals surface area contributed by atoms with Gasteiger partial charge in [-0.3, -0.25) is 14.2 Å². The van der Waals surface area contributed by atoms with Crippen molar-refractivity contribution in [3.63, 3.8) is 0 Å². The summed E-state index contributed by atoms with van der Waals surface area (Å²) in [6.07, 6.45) is 2.15. The van der Waals surface area contributed by atoms with Crippen LogP contribution in [0.4, 0.5) is 0 Å². The first-order valence-corrected chi connectivity index (χ1v) is 10.8. The highest BCUT2D eigenvalue weighted by atomic mass is 32.2. The van der Waals surface area contributed by atoms with Crippen LogP contribution in [0.1, 0.15) is 19.8 Å². The number of thiophene rings is 1. The molecule has 4 rings (SSSR count). The van der Waals surface area contributed by atoms with Gasteiger partial charge in [-0.1, -0.05) is 42.1 Å². The topological polar surface area (TPSA) is 55.2 Å². The van der Waals surface area contributed by atoms with Crippen LogP contribution in [0, 0.1) is 0 Å². The first-order valence-electron chi connectivity index (χ1n) is 9.05. The third-order valence-electron chi connectivity index (χ3n) is 4.91. The molecule has 27 heavy (non-hydrogen) atoms. The van der Waals surface area contributed by atoms with E-state index in [1.807, 2.05) is 47.5 Å². The minimum atomic E-state index is -0.257. The summed E-state index contributed by atoms with van der Waals surface area (Å²) in [4.78, 5) is 33.0. The van der Waals surface area contributed by atoms with Crippen LogP contribution in [0.5, 0.6) is 0 Å². The lowest BCUT2D eigenvalue weighted by molar-refractivity contribution is -0.129. The summed E-state index contributed by atoms with van der Waals surface area (Å²) in [5.41, 5.74) is 1.87. The molecular formula is C20H21N3O2S2. The molecule has 0 N–H and O–H groups in total. The van der Waals surface area contributed by atoms with Crippen LogP contribution in [0.25, 0.3) is 21.3 Å². The number of aromatic nitrogens is 2. The highest BCUT2D eigenvalue weighted by molar-refractivity contribution is 8.00. The van der Waals surface area contributed by atoms with Gasteiger partial charge >= 0.3 is 0 Å². The number of hydrogen-bond donors (Lipinski definition) is 0. The highest BCUT2D eigenvalue weighted by Crippen LogP contribution is 2.32. The minimum Gasteiger partial charge on any atom is -0.342 e. The molecule has 0 radical (unpaired) electrons. The predicted octanol–water partition coefficient (Wildman–Crippen LogP) is 3.77. The smallest absolute Gasteiger partial charge is 0.263 e. The number of hydrogen-bond acceptors (Lipinski definition) is 5. The Bertz CT molecular complexity index is 1040. The maximum absolute atomic E-state index is 13.0. The summed E-state index contributed by atoms with van der Waals surface area (Å²) >= 11 is 2.84. The van der Waals surface area contributed by atoms with Gasteiger partial charge in [-0.2, -0.15) is 0 Å². The molecule has 1 saturated heterocycles. The third kappa shape index (κ3) is 3.41. The van der Waals surface area contributed by atoms with Gasteiger partial charge < -0.3 is 4.90 Å². The summed E-state index contributed by atoms with van der Waals surface area (Å²) < 4.78 is 1.57. The van der Waals surface area contributed by atoms with Crippen molar-refractivity contribution in [2.75, 3.05) is 13.1 Å². The highest BCUT2D eigenvalue weighted by Gasteiger charge is 2.26. The van der Waals surface area contributed by atoms with Crippen molar-refractivity contribution < 1.29 is 4.79 Å². The monoisotopic (exact) mass is 399 g/mol. The molecule has 1 aromatic carbocycles. The first-order chi connectivity index (χ1) is 13.1. The summed E-state index contributed by atoms with van der Waals surface area (Å²) in [5.74, 6) is 0.128. The van der Waals surface area contributed by atoms with Crippen LogP contribution in [0.15, 0.2) is 45.7 Å². The van der Waals surface area contributed by atoms with E-state index >= 15 is 0 Å². The van der Waals surface area contributed by atoms with Gasteiger partial charge in [-0.15, -0.1) is 11.3 Å². The fourth-order valence-corrected chi connectivity index (χ4v) is 5.34. The molecule has 140 valence electrons. The fourth-order valence-electron chi connectivity index (χ4n) is 3.39. The normalized spacial score (nSPS) is 15.4. The molecule has 3 aromatic rings. The van der Waals surface area contributed by atoms with Crippen LogP contribution < -0.4 is 5.56 Å². The Morgan fingerprint density at radius 3 is 2.63 bits per heavy atom. The molecule has 7 heteroatoms. The van der Waals surface area contributed by atoms with Crippen LogP contribution in [0.2, 0.25) is 0 Å². The van der Waals surface area contributed by atoms with Gasteiger partial charge in [-0.05, 0) is 25.3 Å². The maximum atomic E-state index is 13.0. The second kappa shape index (κ2) is 7.48. The molecule has 1 aliphatic heterocycles. The number of fused-ring (bicyclic) bond motifs is 1. The first kappa shape index (κ1) is 18.3. The predicted molar refractivity (Wildman–Crippen MR) is 111 cm³/mol. The van der Waals surface area contributed by atoms with Gasteiger partial charge in [0.15, 0.2) is 5.16 Å². The quantitative estimate of drug-likeness (QED) is 0.495. The van der Waals surface area contributed by atoms with E-state index in [1.54, 1.807) is 11.6 Å². The van der Waals surface area contributed by atoms with Crippen molar-refractivity contribution in [1.29, 1.82) is 0 Å². The van der Waals surface area contributed by atoms with E-state index in [9.17, 15) is 9.59 Å². The lowest BCUT2D eigenvalue weighted by Gasteiger charge is -2.20. The van der Waals surface area contributed by atoms with Gasteiger partial charge in [0.1, 0.15) is 4.83 Å². The number of benzene rings is 1. The van der Waals surface area contributed by atoms with Crippen molar-refractivity contribution in [3.8, 4) is 11.1 Å². The van der Waals surface area contributed by atoms with Gasteiger partial charge in [0.2, 0.25) is 5.91 Å². The largest absolute Gasteiger partial charge is 0.342 e. The molecule has 1 fully saturated rings. The summed E-state index contributed by atoms with van der Waals surface area (Å²) in [6.45, 7) is 3.56. The van der Waals surface area contributed by atoms with Crippen molar-refractivity contribution in [2.24, 2.45) is 7.05 Å². The summed E-state index contributed by atoms with van der Waals surface area (Å²) in [6, 6.07) is 9.89. The van der Waals surface area contributed by atoms with Crippen molar-refractivity contribution >= 4 is 39.2 Å². The van der Waals surface area contributed by atoms with Gasteiger partial charge in [0, 0.05) is 31.1 Å². The number of carbonyl (C=O) groups is 1. The van der Waals surface area contributed by atoms with Gasteiger partial charge in [0.25, 0.3) is 5.56 Å². The standard InChI is InChI=1S/C20H21N3O2S2/c1-13(18(24)23-10-6-7-11-23)27-20-21-17-16(19(25)22(20)2)15(12-26-17)14-8-4-3-5-9-14/h3-5,8-9,12-13H,6-7,10-11H2,1-2H3. The van der Waals surface area contributed by atoms with E-state index < -0.39 is 0 Å². The molecule has 0 bridgehead atoms. The van der Waals surface area contributed by atoms with Gasteiger partial charge in [-0.25, -0.2) is 4.98 Å². The lowest BCUT2D eigenvalue weighted by atomic mass is 10.1. The fraction of sp³-hybridized carbons (Fsp3) is 0.350. The molecule has 0 saturated carbocycles. The molecule has 2 aromatic heterocycles. The van der Waals surface area contributed by atoms with Gasteiger partial charge in [0.05, 0.1) is 10.6 Å². The Balaban J connectivity index is 1.68. The number of likely N-dealkylation sites (tertiary alicyclic amines) is 1. The molecule has 1 atom stereocenters. The third-order valence-corrected chi connectivity index (χ3v) is 6.91. The Morgan fingerprint density at radius 1 is 1.22 bits per heavy atom. The van der Waals surface area contributed by atoms with E-state index in [4.69, 9.17) is 4.98 Å². The molecule has 1 unspecified atom stereocenters. The van der Waals surface area contributed by atoms with E-state index in [0.29, 0.717) is 10.5 Å². The van der Waals surface area contributed by atoms with Crippen LogP contribution in [-0.4, -0.2) is 38.7 Å². The zero-order valence-corrected chi connectivity index (χ0v) is 17.0. The van der Waals surface area contributed by atoms with Crippen LogP contribution in [-0.2, 0) is 11.8 Å². The average Bonchev–Trinajstić information content (AvgIpc) is 3.36. The zero-order valence-electron chi connectivity index (χ0n) is 15.3. The Kier molecular flexibility index (Phi) is 5.06. The minimum absolute atomic E-state index is 0.0663. The van der Waals surface area contributed by atoms with E-state index in [1.165, 1.54) is 23.1 Å². The SMILES string of the molecule is CC(Sc1nc2scc(-c3ccccc3)c2c(=O)n1C)C(=O)N1CCCC1. The average molecular weight is 400 g/mol. The molecule has 0 spiro atoms. The number of nitrogens with zero attached hydrogens (tertiary/aromatic N) is 3. The van der Waals surface area contributed by atoms with Crippen LogP contribution >= 0.6 is 23.1 Å². The van der Waals surface area contributed by atoms with Crippen molar-refractivity contribution in [2.45, 2.75) is 30.2 Å². The van der Waals surface area contributed by atoms with E-state index in [-0.39, 0.29) is 16.7 Å². The maximum Gasteiger partial charge on any atom is 0.263 e. The van der Waals surface area contributed by atoms with Crippen molar-refractivity contribution in [1.82, 2.24) is 14.5 Å². The Labute approximate surface area is 166 Å². The Hall–Kier alpha value is -2.12. The second-order valence-electron chi connectivity index (χ2n) is 6.75. The molecular weight excluding hydrogens is 378 g/mol. The second-order valence-corrected chi connectivity index (χ2v) is 8.91. The molecule has 0 aliphatic carbocycles.